The Morgan fingerprint density at radius 3 is 2.19 bits per heavy atom. The summed E-state index contributed by atoms with van der Waals surface area (Å²) in [6.07, 6.45) is 1.92. The first-order chi connectivity index (χ1) is 27.2. The van der Waals surface area contributed by atoms with E-state index in [-0.39, 0.29) is 30.8 Å². The van der Waals surface area contributed by atoms with Gasteiger partial charge in [-0.1, -0.05) is 112 Å². The molecule has 1 heterocycles. The highest BCUT2D eigenvalue weighted by Gasteiger charge is 2.56. The lowest BCUT2D eigenvalue weighted by atomic mass is 9.68. The summed E-state index contributed by atoms with van der Waals surface area (Å²) in [5.74, 6) is -5.19. The number of amides is 2. The smallest absolute Gasteiger partial charge is 0.271 e. The van der Waals surface area contributed by atoms with Gasteiger partial charge >= 0.3 is 0 Å². The van der Waals surface area contributed by atoms with Crippen LogP contribution in [-0.2, 0) is 14.0 Å². The van der Waals surface area contributed by atoms with Crippen molar-refractivity contribution in [1.29, 1.82) is 0 Å². The second kappa shape index (κ2) is 17.1. The summed E-state index contributed by atoms with van der Waals surface area (Å²) in [5.41, 5.74) is 2.33. The van der Waals surface area contributed by atoms with Crippen molar-refractivity contribution in [2.24, 2.45) is 17.8 Å². The van der Waals surface area contributed by atoms with Crippen molar-refractivity contribution in [1.82, 2.24) is 0 Å². The number of hydrogen-bond acceptors (Lipinski definition) is 8. The monoisotopic (exact) mass is 792 g/mol. The van der Waals surface area contributed by atoms with Gasteiger partial charge in [-0.15, -0.1) is 0 Å². The van der Waals surface area contributed by atoms with Crippen molar-refractivity contribution in [3.8, 4) is 5.75 Å². The van der Waals surface area contributed by atoms with Gasteiger partial charge in [0.1, 0.15) is 0 Å². The van der Waals surface area contributed by atoms with Crippen molar-refractivity contribution >= 4 is 48.0 Å². The Hall–Kier alpha value is -5.27. The van der Waals surface area contributed by atoms with Gasteiger partial charge < -0.3 is 19.7 Å². The van der Waals surface area contributed by atoms with Crippen LogP contribution in [0.1, 0.15) is 58.9 Å². The van der Waals surface area contributed by atoms with Gasteiger partial charge in [-0.25, -0.2) is 9.29 Å². The number of aliphatic hydroxyl groups is 2. The normalized spacial score (nSPS) is 19.5. The van der Waals surface area contributed by atoms with E-state index in [0.29, 0.717) is 29.6 Å². The second-order valence-corrected chi connectivity index (χ2v) is 20.2. The molecule has 4 aromatic carbocycles. The van der Waals surface area contributed by atoms with Crippen LogP contribution in [0, 0.1) is 33.7 Å². The molecule has 57 heavy (non-hydrogen) atoms. The molecule has 1 saturated heterocycles. The Morgan fingerprint density at radius 1 is 0.982 bits per heavy atom. The minimum atomic E-state index is -3.13. The number of carbonyl (C=O) groups is 2. The summed E-state index contributed by atoms with van der Waals surface area (Å²) >= 11 is 0. The van der Waals surface area contributed by atoms with Gasteiger partial charge in [0.15, 0.2) is 11.6 Å². The number of phenolic OH excluding ortho intramolecular Hbond substituents is 1. The van der Waals surface area contributed by atoms with Gasteiger partial charge in [0, 0.05) is 18.1 Å². The van der Waals surface area contributed by atoms with Gasteiger partial charge in [-0.3, -0.25) is 19.7 Å². The Morgan fingerprint density at radius 2 is 1.63 bits per heavy atom. The second-order valence-electron chi connectivity index (χ2n) is 15.8. The predicted molar refractivity (Wildman–Crippen MR) is 220 cm³/mol. The molecular weight excluding hydrogens is 744 g/mol. The van der Waals surface area contributed by atoms with E-state index in [2.05, 4.69) is 45.0 Å². The zero-order chi connectivity index (χ0) is 41.1. The van der Waals surface area contributed by atoms with Crippen LogP contribution in [0.3, 0.4) is 0 Å². The number of nitro groups is 1. The molecule has 298 valence electrons. The van der Waals surface area contributed by atoms with Crippen molar-refractivity contribution in [2.75, 3.05) is 18.1 Å². The molecule has 0 spiro atoms. The number of nitro benzene ring substituents is 1. The first-order valence-electron chi connectivity index (χ1n) is 19.3. The average molecular weight is 793 g/mol. The van der Waals surface area contributed by atoms with Gasteiger partial charge in [-0.05, 0) is 76.0 Å². The summed E-state index contributed by atoms with van der Waals surface area (Å²) < 4.78 is 21.5. The van der Waals surface area contributed by atoms with E-state index < -0.39 is 72.1 Å². The summed E-state index contributed by atoms with van der Waals surface area (Å²) in [6.45, 7) is 7.86. The van der Waals surface area contributed by atoms with Crippen LogP contribution in [0.25, 0.3) is 6.08 Å². The number of aliphatic hydroxyl groups excluding tert-OH is 2. The number of non-ortho nitro benzene ring substituents is 1. The summed E-state index contributed by atoms with van der Waals surface area (Å²) in [5, 5.41) is 46.3. The third-order valence-electron chi connectivity index (χ3n) is 11.5. The molecule has 1 aliphatic carbocycles. The summed E-state index contributed by atoms with van der Waals surface area (Å²) in [7, 11) is -3.13. The lowest BCUT2D eigenvalue weighted by molar-refractivity contribution is -0.384. The number of allylic oxidation sites excluding steroid dienone is 1. The summed E-state index contributed by atoms with van der Waals surface area (Å²) in [6, 6.07) is 29.6. The van der Waals surface area contributed by atoms with Gasteiger partial charge in [0.05, 0.1) is 41.8 Å². The van der Waals surface area contributed by atoms with Gasteiger partial charge in [-0.2, -0.15) is 0 Å². The van der Waals surface area contributed by atoms with Crippen molar-refractivity contribution in [3.63, 3.8) is 0 Å². The molecule has 3 N–H and O–H groups in total. The van der Waals surface area contributed by atoms with E-state index in [9.17, 15) is 39.4 Å². The van der Waals surface area contributed by atoms with E-state index in [1.165, 1.54) is 36.4 Å². The molecule has 4 atom stereocenters. The fraction of sp³-hybridized carbons (Fsp3) is 0.333. The Bertz CT molecular complexity index is 2150. The number of hydrogen-bond donors (Lipinski definition) is 3. The van der Waals surface area contributed by atoms with Crippen LogP contribution in [0.5, 0.6) is 5.75 Å². The molecular formula is C45H49FN2O8Si. The predicted octanol–water partition coefficient (Wildman–Crippen LogP) is 7.07. The molecule has 1 aliphatic heterocycles. The van der Waals surface area contributed by atoms with Crippen molar-refractivity contribution in [2.45, 2.75) is 64.5 Å². The number of nitrogens with zero attached hydrogens (tertiary/aromatic N) is 2. The number of fused-ring (bicyclic) bond motifs is 1. The lowest BCUT2D eigenvalue weighted by Gasteiger charge is -2.44. The lowest BCUT2D eigenvalue weighted by Crippen LogP contribution is -2.66. The van der Waals surface area contributed by atoms with Gasteiger partial charge in [0.25, 0.3) is 14.0 Å². The van der Waals surface area contributed by atoms with E-state index in [4.69, 9.17) is 4.43 Å². The zero-order valence-electron chi connectivity index (χ0n) is 32.6. The fourth-order valence-corrected chi connectivity index (χ4v) is 13.3. The van der Waals surface area contributed by atoms with Crippen LogP contribution in [-0.4, -0.2) is 59.7 Å². The fourth-order valence-electron chi connectivity index (χ4n) is 8.73. The van der Waals surface area contributed by atoms with Crippen molar-refractivity contribution < 1.29 is 38.6 Å². The number of aromatic hydroxyl groups is 1. The molecule has 4 aromatic rings. The number of phenols is 1. The quantitative estimate of drug-likeness (QED) is 0.0404. The molecule has 2 aliphatic rings. The number of imide groups is 1. The van der Waals surface area contributed by atoms with E-state index in [1.807, 2.05) is 49.4 Å². The highest BCUT2D eigenvalue weighted by Crippen LogP contribution is 2.48. The minimum Gasteiger partial charge on any atom is -0.505 e. The maximum absolute atomic E-state index is 14.3. The largest absolute Gasteiger partial charge is 0.505 e. The first-order valence-corrected chi connectivity index (χ1v) is 21.2. The molecule has 0 saturated carbocycles. The minimum absolute atomic E-state index is 0.0148. The molecule has 6 rings (SSSR count). The van der Waals surface area contributed by atoms with Crippen molar-refractivity contribution in [3.05, 3.63) is 141 Å². The van der Waals surface area contributed by atoms with Crippen LogP contribution in [0.15, 0.2) is 120 Å². The third kappa shape index (κ3) is 8.13. The molecule has 0 aromatic heterocycles. The summed E-state index contributed by atoms with van der Waals surface area (Å²) in [4.78, 5) is 40.6. The molecule has 1 fully saturated rings. The standard InChI is InChI=1S/C45H49FN2O8Si/c1-5-29(23-30-20-21-39(50)38(46)24-30)19-22-40(51)41-31(28-56-57(45(2,3)4,34-15-8-6-9-16-34)35-17-10-7-11-18-35)25-36-42(37(41)27-49)44(53)47(43(36)52)32-13-12-14-33(26-32)48(54)55/h6-18,20-21,23-24,26,36-37,40,42,49-51H,5,19,22,25,27-28H2,1-4H3/b29-23+/t36-,37+,40-,42-/m1/s1. The molecule has 0 unspecified atom stereocenters. The topological polar surface area (TPSA) is 150 Å². The number of rotatable bonds is 14. The molecule has 0 radical (unpaired) electrons. The number of carbonyl (C=O) groups excluding carboxylic acids is 2. The molecule has 2 amide bonds. The van der Waals surface area contributed by atoms with Crippen LogP contribution < -0.4 is 15.3 Å². The highest BCUT2D eigenvalue weighted by molar-refractivity contribution is 6.99. The van der Waals surface area contributed by atoms with E-state index >= 15 is 0 Å². The Balaban J connectivity index is 1.43. The van der Waals surface area contributed by atoms with Crippen LogP contribution in [0.2, 0.25) is 5.04 Å². The molecule has 12 heteroatoms. The van der Waals surface area contributed by atoms with Gasteiger partial charge in [0.2, 0.25) is 11.8 Å². The van der Waals surface area contributed by atoms with Crippen LogP contribution in [0.4, 0.5) is 15.8 Å². The van der Waals surface area contributed by atoms with E-state index in [0.717, 1.165) is 20.8 Å². The number of anilines is 1. The highest BCUT2D eigenvalue weighted by atomic mass is 28.4. The Kier molecular flexibility index (Phi) is 12.4. The number of benzene rings is 4. The van der Waals surface area contributed by atoms with Crippen LogP contribution >= 0.6 is 0 Å². The SMILES string of the molecule is CC/C(=C\c1ccc(O)c(F)c1)CC[C@@H](O)C1=C(CO[Si](c2ccccc2)(c2ccccc2)C(C)(C)C)C[C@H]2C(=O)N(c3cccc([N+](=O)[O-])c3)C(=O)[C@H]2[C@H]1CO. The first kappa shape index (κ1) is 41.4. The maximum atomic E-state index is 14.3. The molecule has 10 nitrogen and oxygen atoms in total. The Labute approximate surface area is 333 Å². The zero-order valence-corrected chi connectivity index (χ0v) is 33.6. The average Bonchev–Trinajstić information content (AvgIpc) is 3.45. The third-order valence-corrected chi connectivity index (χ3v) is 16.4. The molecule has 0 bridgehead atoms. The number of halogens is 1. The van der Waals surface area contributed by atoms with E-state index in [1.54, 1.807) is 6.07 Å². The maximum Gasteiger partial charge on any atom is 0.271 e.